The molecule has 0 aliphatic carbocycles. The van der Waals surface area contributed by atoms with Crippen molar-refractivity contribution in [1.29, 1.82) is 0 Å². The number of carbonyl (C=O) groups is 2. The number of benzene rings is 1. The molecule has 1 heterocycles. The Morgan fingerprint density at radius 3 is 2.62 bits per heavy atom. The third-order valence-electron chi connectivity index (χ3n) is 3.42. The van der Waals surface area contributed by atoms with Gasteiger partial charge in [-0.25, -0.2) is 4.79 Å². The highest BCUT2D eigenvalue weighted by Gasteiger charge is 2.30. The van der Waals surface area contributed by atoms with Crippen molar-refractivity contribution in [2.45, 2.75) is 25.3 Å². The number of carbonyl (C=O) groups excluding carboxylic acids is 2. The van der Waals surface area contributed by atoms with Gasteiger partial charge in [0.2, 0.25) is 0 Å². The van der Waals surface area contributed by atoms with Crippen LogP contribution in [0, 0.1) is 0 Å². The van der Waals surface area contributed by atoms with Crippen molar-refractivity contribution >= 4 is 18.0 Å². The van der Waals surface area contributed by atoms with E-state index >= 15 is 0 Å². The van der Waals surface area contributed by atoms with Crippen LogP contribution in [0.25, 0.3) is 6.08 Å². The molecule has 9 heteroatoms. The largest absolute Gasteiger partial charge is 0.573 e. The van der Waals surface area contributed by atoms with E-state index in [-0.39, 0.29) is 11.9 Å². The van der Waals surface area contributed by atoms with Gasteiger partial charge < -0.3 is 19.5 Å². The van der Waals surface area contributed by atoms with Gasteiger partial charge >= 0.3 is 12.3 Å². The van der Waals surface area contributed by atoms with Crippen molar-refractivity contribution in [2.75, 3.05) is 19.8 Å². The fourth-order valence-corrected chi connectivity index (χ4v) is 2.21. The second kappa shape index (κ2) is 9.23. The molecule has 0 radical (unpaired) electrons. The van der Waals surface area contributed by atoms with Crippen LogP contribution in [0.4, 0.5) is 13.2 Å². The summed E-state index contributed by atoms with van der Waals surface area (Å²) in [5, 5.41) is 2.61. The topological polar surface area (TPSA) is 73.9 Å². The fourth-order valence-electron chi connectivity index (χ4n) is 2.21. The molecule has 1 aliphatic rings. The van der Waals surface area contributed by atoms with Crippen molar-refractivity contribution in [2.24, 2.45) is 0 Å². The van der Waals surface area contributed by atoms with Crippen LogP contribution in [0.15, 0.2) is 30.3 Å². The van der Waals surface area contributed by atoms with E-state index in [4.69, 9.17) is 9.47 Å². The number of amides is 1. The minimum absolute atomic E-state index is 0.00107. The number of alkyl halides is 3. The molecule has 1 amide bonds. The van der Waals surface area contributed by atoms with Crippen molar-refractivity contribution in [3.8, 4) is 5.75 Å². The second-order valence-electron chi connectivity index (χ2n) is 5.50. The molecule has 142 valence electrons. The third-order valence-corrected chi connectivity index (χ3v) is 3.42. The maximum Gasteiger partial charge on any atom is 0.573 e. The van der Waals surface area contributed by atoms with Crippen LogP contribution >= 0.6 is 0 Å². The first kappa shape index (κ1) is 19.8. The predicted molar refractivity (Wildman–Crippen MR) is 85.1 cm³/mol. The summed E-state index contributed by atoms with van der Waals surface area (Å²) in [5.41, 5.74) is 0.472. The fraction of sp³-hybridized carbons (Fsp3) is 0.412. The molecule has 1 aliphatic heterocycles. The summed E-state index contributed by atoms with van der Waals surface area (Å²) in [7, 11) is 0. The summed E-state index contributed by atoms with van der Waals surface area (Å²) >= 11 is 0. The molecule has 0 saturated carbocycles. The van der Waals surface area contributed by atoms with Gasteiger partial charge in [-0.2, -0.15) is 0 Å². The van der Waals surface area contributed by atoms with Crippen molar-refractivity contribution < 1.29 is 37.0 Å². The molecule has 1 fully saturated rings. The zero-order chi connectivity index (χ0) is 19.0. The van der Waals surface area contributed by atoms with Gasteiger partial charge in [0, 0.05) is 19.2 Å². The quantitative estimate of drug-likeness (QED) is 0.587. The molecule has 0 aromatic heterocycles. The second-order valence-corrected chi connectivity index (χ2v) is 5.50. The van der Waals surface area contributed by atoms with E-state index in [1.165, 1.54) is 18.2 Å². The summed E-state index contributed by atoms with van der Waals surface area (Å²) in [5.74, 6) is -1.54. The van der Waals surface area contributed by atoms with Gasteiger partial charge in [0.25, 0.3) is 5.91 Å². The maximum atomic E-state index is 12.1. The van der Waals surface area contributed by atoms with Gasteiger partial charge in [-0.1, -0.05) is 12.1 Å². The van der Waals surface area contributed by atoms with Crippen LogP contribution < -0.4 is 10.1 Å². The first-order valence-corrected chi connectivity index (χ1v) is 7.91. The molecule has 1 aromatic rings. The van der Waals surface area contributed by atoms with Gasteiger partial charge in [-0.3, -0.25) is 4.79 Å². The van der Waals surface area contributed by atoms with Crippen LogP contribution in [0.3, 0.4) is 0 Å². The molecule has 0 bridgehead atoms. The lowest BCUT2D eigenvalue weighted by atomic mass is 10.2. The molecule has 1 atom stereocenters. The van der Waals surface area contributed by atoms with Crippen LogP contribution in [0.5, 0.6) is 5.75 Å². The Kier molecular flexibility index (Phi) is 7.02. The first-order valence-electron chi connectivity index (χ1n) is 7.91. The average Bonchev–Trinajstić information content (AvgIpc) is 3.09. The van der Waals surface area contributed by atoms with E-state index in [0.717, 1.165) is 31.1 Å². The zero-order valence-electron chi connectivity index (χ0n) is 13.8. The Morgan fingerprint density at radius 1 is 1.27 bits per heavy atom. The molecule has 0 unspecified atom stereocenters. The molecular weight excluding hydrogens is 355 g/mol. The van der Waals surface area contributed by atoms with Crippen LogP contribution in [0.1, 0.15) is 18.4 Å². The predicted octanol–water partition coefficient (Wildman–Crippen LogP) is 2.44. The van der Waals surface area contributed by atoms with Crippen LogP contribution in [0.2, 0.25) is 0 Å². The minimum Gasteiger partial charge on any atom is -0.452 e. The van der Waals surface area contributed by atoms with E-state index in [9.17, 15) is 22.8 Å². The Labute approximate surface area is 147 Å². The van der Waals surface area contributed by atoms with E-state index in [2.05, 4.69) is 10.1 Å². The molecule has 26 heavy (non-hydrogen) atoms. The first-order chi connectivity index (χ1) is 12.3. The molecule has 2 rings (SSSR count). The van der Waals surface area contributed by atoms with Crippen molar-refractivity contribution in [3.63, 3.8) is 0 Å². The lowest BCUT2D eigenvalue weighted by molar-refractivity contribution is -0.274. The highest BCUT2D eigenvalue weighted by molar-refractivity contribution is 5.89. The van der Waals surface area contributed by atoms with E-state index in [0.29, 0.717) is 18.7 Å². The minimum atomic E-state index is -4.76. The average molecular weight is 373 g/mol. The maximum absolute atomic E-state index is 12.1. The Hall–Kier alpha value is -2.55. The number of halogens is 3. The highest BCUT2D eigenvalue weighted by atomic mass is 19.4. The van der Waals surface area contributed by atoms with E-state index in [1.54, 1.807) is 0 Å². The summed E-state index contributed by atoms with van der Waals surface area (Å²) in [4.78, 5) is 23.1. The normalized spacial score (nSPS) is 17.3. The Bertz CT molecular complexity index is 637. The third kappa shape index (κ3) is 7.56. The van der Waals surface area contributed by atoms with Crippen molar-refractivity contribution in [1.82, 2.24) is 5.32 Å². The molecule has 1 N–H and O–H groups in total. The Balaban J connectivity index is 1.70. The molecular formula is C17H18F3NO5. The molecule has 1 saturated heterocycles. The van der Waals surface area contributed by atoms with Crippen LogP contribution in [-0.2, 0) is 19.1 Å². The Morgan fingerprint density at radius 2 is 2.00 bits per heavy atom. The summed E-state index contributed by atoms with van der Waals surface area (Å²) in [6.07, 6.45) is -0.485. The number of hydrogen-bond donors (Lipinski definition) is 1. The lowest BCUT2D eigenvalue weighted by Crippen LogP contribution is -2.34. The summed E-state index contributed by atoms with van der Waals surface area (Å²) in [6, 6.07) is 4.94. The highest BCUT2D eigenvalue weighted by Crippen LogP contribution is 2.22. The number of rotatable bonds is 7. The van der Waals surface area contributed by atoms with Gasteiger partial charge in [0.15, 0.2) is 6.61 Å². The number of ether oxygens (including phenoxy) is 3. The van der Waals surface area contributed by atoms with Gasteiger partial charge in [-0.05, 0) is 36.6 Å². The summed E-state index contributed by atoms with van der Waals surface area (Å²) < 4.78 is 50.0. The number of nitrogens with one attached hydrogen (secondary N) is 1. The molecule has 6 nitrogen and oxygen atoms in total. The monoisotopic (exact) mass is 373 g/mol. The van der Waals surface area contributed by atoms with Gasteiger partial charge in [0.1, 0.15) is 5.75 Å². The standard InChI is InChI=1S/C17H18F3NO5/c18-17(19,20)26-13-6-3-12(4-7-13)5-8-16(23)25-11-15(22)21-10-14-2-1-9-24-14/h3-8,14H,1-2,9-11H2,(H,21,22)/b8-5+/t14-/m1/s1. The van der Waals surface area contributed by atoms with Crippen molar-refractivity contribution in [3.05, 3.63) is 35.9 Å². The van der Waals surface area contributed by atoms with Crippen LogP contribution in [-0.4, -0.2) is 44.1 Å². The summed E-state index contributed by atoms with van der Waals surface area (Å²) in [6.45, 7) is 0.635. The van der Waals surface area contributed by atoms with Gasteiger partial charge in [-0.15, -0.1) is 13.2 Å². The number of esters is 1. The zero-order valence-corrected chi connectivity index (χ0v) is 13.8. The molecule has 1 aromatic carbocycles. The molecule has 0 spiro atoms. The SMILES string of the molecule is O=C(COC(=O)/C=C/c1ccc(OC(F)(F)F)cc1)NC[C@H]1CCCO1. The number of hydrogen-bond acceptors (Lipinski definition) is 5. The van der Waals surface area contributed by atoms with Gasteiger partial charge in [0.05, 0.1) is 6.10 Å². The van der Waals surface area contributed by atoms with E-state index in [1.807, 2.05) is 0 Å². The van der Waals surface area contributed by atoms with E-state index < -0.39 is 24.8 Å². The lowest BCUT2D eigenvalue weighted by Gasteiger charge is -2.10. The smallest absolute Gasteiger partial charge is 0.452 e.